The van der Waals surface area contributed by atoms with E-state index in [1.807, 2.05) is 0 Å². The molecule has 0 aromatic heterocycles. The first-order valence-corrected chi connectivity index (χ1v) is 11.4. The van der Waals surface area contributed by atoms with E-state index in [9.17, 15) is 9.59 Å². The first-order valence-electron chi connectivity index (χ1n) is 11.4. The molecule has 0 bridgehead atoms. The summed E-state index contributed by atoms with van der Waals surface area (Å²) in [5.41, 5.74) is 0. The standard InChI is InChI=1S/2C10H20O2.C2H6O.H2N2O/c2*1-2-3-4-5-6-7-8-9-10(11)12;2*1-2-3/h2*2-9H2,1H3,(H,11,12);3H,2H2,1H3;(H2,1,3). The zero-order valence-electron chi connectivity index (χ0n) is 19.6. The highest BCUT2D eigenvalue weighted by Crippen LogP contribution is 2.08. The quantitative estimate of drug-likeness (QED) is 0.0994. The number of unbranched alkanes of at least 4 members (excludes halogenated alkanes) is 12. The van der Waals surface area contributed by atoms with Crippen LogP contribution in [0, 0.1) is 4.91 Å². The van der Waals surface area contributed by atoms with E-state index in [-0.39, 0.29) is 6.61 Å². The third kappa shape index (κ3) is 63.4. The second-order valence-electron chi connectivity index (χ2n) is 6.95. The van der Waals surface area contributed by atoms with Gasteiger partial charge in [-0.05, 0) is 19.8 Å². The summed E-state index contributed by atoms with van der Waals surface area (Å²) in [6.07, 6.45) is 17.3. The molecule has 0 saturated heterocycles. The summed E-state index contributed by atoms with van der Waals surface area (Å²) in [6.45, 7) is 6.33. The van der Waals surface area contributed by atoms with Crippen LogP contribution in [0.25, 0.3) is 0 Å². The molecule has 5 N–H and O–H groups in total. The molecule has 0 fully saturated rings. The van der Waals surface area contributed by atoms with Crippen LogP contribution in [0.4, 0.5) is 0 Å². The Balaban J connectivity index is -0.000000178. The predicted molar refractivity (Wildman–Crippen MR) is 123 cm³/mol. The topological polar surface area (TPSA) is 150 Å². The van der Waals surface area contributed by atoms with Crippen LogP contribution in [0.15, 0.2) is 5.29 Å². The Kier molecular flexibility index (Phi) is 45.2. The molecule has 0 aliphatic carbocycles. The number of hydrogen-bond donors (Lipinski definition) is 4. The minimum absolute atomic E-state index is 0.250. The molecular formula is C22H48N2O6. The highest BCUT2D eigenvalue weighted by Gasteiger charge is 1.96. The fourth-order valence-electron chi connectivity index (χ4n) is 2.47. The number of carboxylic acids is 2. The van der Waals surface area contributed by atoms with Crippen LogP contribution in [-0.4, -0.2) is 33.9 Å². The average molecular weight is 437 g/mol. The maximum absolute atomic E-state index is 10.1. The van der Waals surface area contributed by atoms with Crippen LogP contribution in [0.3, 0.4) is 0 Å². The van der Waals surface area contributed by atoms with Crippen molar-refractivity contribution in [2.45, 2.75) is 124 Å². The molecule has 0 radical (unpaired) electrons. The van der Waals surface area contributed by atoms with Gasteiger partial charge in [0.15, 0.2) is 0 Å². The van der Waals surface area contributed by atoms with Crippen molar-refractivity contribution < 1.29 is 24.9 Å². The van der Waals surface area contributed by atoms with Crippen LogP contribution in [-0.2, 0) is 9.59 Å². The molecule has 0 saturated carbocycles. The van der Waals surface area contributed by atoms with E-state index in [1.165, 1.54) is 64.2 Å². The number of hydrogen-bond acceptors (Lipinski definition) is 5. The van der Waals surface area contributed by atoms with Crippen molar-refractivity contribution in [3.63, 3.8) is 0 Å². The molecule has 0 amide bonds. The molecule has 0 aliphatic rings. The molecule has 0 heterocycles. The lowest BCUT2D eigenvalue weighted by Crippen LogP contribution is -1.93. The number of rotatable bonds is 16. The molecule has 0 atom stereocenters. The number of carboxylic acid groups (broad SMARTS) is 2. The van der Waals surface area contributed by atoms with Crippen molar-refractivity contribution in [1.82, 2.24) is 0 Å². The lowest BCUT2D eigenvalue weighted by atomic mass is 10.1. The van der Waals surface area contributed by atoms with Gasteiger partial charge in [0.25, 0.3) is 0 Å². The first kappa shape index (κ1) is 35.7. The highest BCUT2D eigenvalue weighted by molar-refractivity contribution is 5.66. The maximum atomic E-state index is 10.1. The fourth-order valence-corrected chi connectivity index (χ4v) is 2.47. The van der Waals surface area contributed by atoms with Crippen molar-refractivity contribution in [3.8, 4) is 0 Å². The van der Waals surface area contributed by atoms with E-state index in [0.717, 1.165) is 25.7 Å². The summed E-state index contributed by atoms with van der Waals surface area (Å²) < 4.78 is 0. The maximum Gasteiger partial charge on any atom is 0.303 e. The zero-order valence-corrected chi connectivity index (χ0v) is 19.6. The summed E-state index contributed by atoms with van der Waals surface area (Å²) in [6, 6.07) is 0. The molecular weight excluding hydrogens is 388 g/mol. The minimum Gasteiger partial charge on any atom is -0.481 e. The molecule has 0 unspecified atom stereocenters. The molecule has 8 heteroatoms. The predicted octanol–water partition coefficient (Wildman–Crippen LogP) is 6.05. The number of nitrogens with two attached hydrogens (primary N) is 1. The first-order chi connectivity index (χ1) is 14.4. The summed E-state index contributed by atoms with van der Waals surface area (Å²) >= 11 is 0. The van der Waals surface area contributed by atoms with Gasteiger partial charge in [-0.2, -0.15) is 0 Å². The zero-order chi connectivity index (χ0) is 23.9. The van der Waals surface area contributed by atoms with Crippen molar-refractivity contribution in [1.29, 1.82) is 0 Å². The summed E-state index contributed by atoms with van der Waals surface area (Å²) in [5.74, 6) is 2.59. The third-order valence-electron chi connectivity index (χ3n) is 3.99. The van der Waals surface area contributed by atoms with Gasteiger partial charge in [0.05, 0.1) is 0 Å². The van der Waals surface area contributed by atoms with Gasteiger partial charge in [0.2, 0.25) is 0 Å². The lowest BCUT2D eigenvalue weighted by Gasteiger charge is -1.98. The largest absolute Gasteiger partial charge is 0.481 e. The SMILES string of the molecule is CCCCCCCCCC(=O)O.CCCCCCCCCC(=O)O.CCO.NN=O. The van der Waals surface area contributed by atoms with Crippen LogP contribution in [0.2, 0.25) is 0 Å². The van der Waals surface area contributed by atoms with Crippen LogP contribution in [0.1, 0.15) is 124 Å². The normalized spacial score (nSPS) is 9.07. The fraction of sp³-hybridized carbons (Fsp3) is 0.909. The Labute approximate surface area is 183 Å². The van der Waals surface area contributed by atoms with Gasteiger partial charge in [0.1, 0.15) is 0 Å². The number of aliphatic hydroxyl groups is 1. The van der Waals surface area contributed by atoms with Crippen molar-refractivity contribution in [3.05, 3.63) is 4.91 Å². The van der Waals surface area contributed by atoms with Gasteiger partial charge in [0, 0.05) is 24.7 Å². The number of nitrogens with zero attached hydrogens (tertiary/aromatic N) is 1. The van der Waals surface area contributed by atoms with Crippen molar-refractivity contribution >= 4 is 11.9 Å². The van der Waals surface area contributed by atoms with Gasteiger partial charge in [-0.3, -0.25) is 15.4 Å². The second kappa shape index (κ2) is 38.0. The smallest absolute Gasteiger partial charge is 0.303 e. The molecule has 0 spiro atoms. The molecule has 182 valence electrons. The molecule has 0 aromatic carbocycles. The van der Waals surface area contributed by atoms with Gasteiger partial charge >= 0.3 is 11.9 Å². The molecule has 0 rings (SSSR count). The molecule has 8 nitrogen and oxygen atoms in total. The van der Waals surface area contributed by atoms with E-state index in [0.29, 0.717) is 12.8 Å². The monoisotopic (exact) mass is 436 g/mol. The molecule has 0 aromatic rings. The lowest BCUT2D eigenvalue weighted by molar-refractivity contribution is -0.138. The van der Waals surface area contributed by atoms with E-state index < -0.39 is 11.9 Å². The second-order valence-corrected chi connectivity index (χ2v) is 6.95. The summed E-state index contributed by atoms with van der Waals surface area (Å²) in [7, 11) is 0. The van der Waals surface area contributed by atoms with E-state index in [4.69, 9.17) is 20.2 Å². The number of carbonyl (C=O) groups is 2. The summed E-state index contributed by atoms with van der Waals surface area (Å²) in [5, 5.41) is 26.0. The van der Waals surface area contributed by atoms with E-state index in [2.05, 4.69) is 19.7 Å². The van der Waals surface area contributed by atoms with Crippen LogP contribution >= 0.6 is 0 Å². The number of aliphatic carboxylic acids is 2. The Morgan fingerprint density at radius 1 is 0.633 bits per heavy atom. The van der Waals surface area contributed by atoms with Crippen LogP contribution in [0.5, 0.6) is 0 Å². The van der Waals surface area contributed by atoms with Crippen molar-refractivity contribution in [2.24, 2.45) is 11.1 Å². The van der Waals surface area contributed by atoms with Crippen LogP contribution < -0.4 is 5.84 Å². The summed E-state index contributed by atoms with van der Waals surface area (Å²) in [4.78, 5) is 28.6. The average Bonchev–Trinajstić information content (AvgIpc) is 2.68. The third-order valence-corrected chi connectivity index (χ3v) is 3.99. The van der Waals surface area contributed by atoms with E-state index >= 15 is 0 Å². The van der Waals surface area contributed by atoms with Gasteiger partial charge in [-0.25, -0.2) is 0 Å². The van der Waals surface area contributed by atoms with Gasteiger partial charge < -0.3 is 15.3 Å². The van der Waals surface area contributed by atoms with Gasteiger partial charge in [-0.15, -0.1) is 4.91 Å². The molecule has 0 aliphatic heterocycles. The number of nitroso groups, excluding NO2 is 1. The van der Waals surface area contributed by atoms with Crippen molar-refractivity contribution in [2.75, 3.05) is 6.61 Å². The Morgan fingerprint density at radius 2 is 0.833 bits per heavy atom. The minimum atomic E-state index is -0.663. The van der Waals surface area contributed by atoms with Gasteiger partial charge in [-0.1, -0.05) is 90.9 Å². The molecule has 30 heavy (non-hydrogen) atoms. The highest BCUT2D eigenvalue weighted by atomic mass is 16.4. The Hall–Kier alpha value is -1.70. The van der Waals surface area contributed by atoms with E-state index in [1.54, 1.807) is 12.2 Å². The Morgan fingerprint density at radius 3 is 1.03 bits per heavy atom. The number of aliphatic hydroxyl groups excluding tert-OH is 1. The Bertz CT molecular complexity index is 314.